The zero-order chi connectivity index (χ0) is 29.8. The molecule has 15 heteroatoms. The lowest BCUT2D eigenvalue weighted by Gasteiger charge is -2.31. The summed E-state index contributed by atoms with van der Waals surface area (Å²) >= 11 is 0. The van der Waals surface area contributed by atoms with E-state index < -0.39 is 44.5 Å². The Morgan fingerprint density at radius 2 is 0.974 bits per heavy atom. The number of alkyl halides is 4. The van der Waals surface area contributed by atoms with E-state index in [1.54, 1.807) is 10.6 Å². The van der Waals surface area contributed by atoms with Gasteiger partial charge in [0.15, 0.2) is 10.7 Å². The Kier molecular flexibility index (Phi) is 9.92. The topological polar surface area (TPSA) is 117 Å². The van der Waals surface area contributed by atoms with Gasteiger partial charge in [0.05, 0.1) is 14.2 Å². The number of sulfone groups is 1. The molecular weight excluding hydrogens is 548 g/mol. The van der Waals surface area contributed by atoms with Crippen molar-refractivity contribution in [2.45, 2.75) is 22.8 Å². The van der Waals surface area contributed by atoms with E-state index in [2.05, 4.69) is 0 Å². The summed E-state index contributed by atoms with van der Waals surface area (Å²) in [6.45, 7) is 0. The zero-order valence-corrected chi connectivity index (χ0v) is 22.9. The fourth-order valence-corrected chi connectivity index (χ4v) is 5.11. The van der Waals surface area contributed by atoms with Gasteiger partial charge in [0, 0.05) is 0 Å². The van der Waals surface area contributed by atoms with Gasteiger partial charge in [0.1, 0.15) is 11.5 Å². The smallest absolute Gasteiger partial charge is 0.383 e. The minimum atomic E-state index is -5.02. The van der Waals surface area contributed by atoms with Gasteiger partial charge in [0.25, 0.3) is 0 Å². The highest BCUT2D eigenvalue weighted by Crippen LogP contribution is 2.34. The van der Waals surface area contributed by atoms with E-state index in [-0.39, 0.29) is 32.4 Å². The maximum Gasteiger partial charge on any atom is 0.383 e. The van der Waals surface area contributed by atoms with Crippen molar-refractivity contribution < 1.29 is 45.0 Å². The highest BCUT2D eigenvalue weighted by Gasteiger charge is 2.48. The quantitative estimate of drug-likeness (QED) is 0.291. The summed E-state index contributed by atoms with van der Waals surface area (Å²) in [6, 6.07) is 1.74. The van der Waals surface area contributed by atoms with Crippen molar-refractivity contribution in [1.82, 2.24) is 20.4 Å². The molecule has 0 aliphatic carbocycles. The van der Waals surface area contributed by atoms with Gasteiger partial charge in [-0.15, -0.1) is 0 Å². The highest BCUT2D eigenvalue weighted by atomic mass is 32.2. The molecule has 0 saturated heterocycles. The number of likely N-dealkylation sites (N-methyl/N-ethyl adjacent to an activating group) is 2. The average Bonchev–Trinajstić information content (AvgIpc) is 2.89. The molecule has 2 rings (SSSR count). The molecule has 2 amide bonds. The molecular formula is C24H30F4N4O6S. The van der Waals surface area contributed by atoms with E-state index in [0.717, 1.165) is 28.2 Å². The van der Waals surface area contributed by atoms with Crippen LogP contribution in [0.2, 0.25) is 0 Å². The Morgan fingerprint density at radius 1 is 0.692 bits per heavy atom. The van der Waals surface area contributed by atoms with Crippen LogP contribution in [0.4, 0.5) is 17.6 Å². The van der Waals surface area contributed by atoms with Crippen molar-refractivity contribution in [3.63, 3.8) is 0 Å². The van der Waals surface area contributed by atoms with Gasteiger partial charge in [-0.3, -0.25) is 9.59 Å². The first-order valence-electron chi connectivity index (χ1n) is 11.2. The second kappa shape index (κ2) is 12.2. The lowest BCUT2D eigenvalue weighted by Crippen LogP contribution is -2.54. The minimum absolute atomic E-state index is 0.203. The number of hydrogen-bond acceptors (Lipinski definition) is 8. The molecule has 2 aromatic carbocycles. The van der Waals surface area contributed by atoms with Crippen molar-refractivity contribution in [3.8, 4) is 11.5 Å². The summed E-state index contributed by atoms with van der Waals surface area (Å²) in [5, 5.41) is -0.799. The molecule has 39 heavy (non-hydrogen) atoms. The number of amides is 2. The largest absolute Gasteiger partial charge is 0.497 e. The Morgan fingerprint density at radius 3 is 1.21 bits per heavy atom. The number of nitrogens with one attached hydrogen (secondary N) is 2. The van der Waals surface area contributed by atoms with Crippen LogP contribution in [-0.2, 0) is 19.4 Å². The predicted molar refractivity (Wildman–Crippen MR) is 134 cm³/mol. The predicted octanol–water partition coefficient (Wildman–Crippen LogP) is 2.36. The van der Waals surface area contributed by atoms with E-state index in [9.17, 15) is 35.6 Å². The number of ether oxygens (including phenoxy) is 2. The van der Waals surface area contributed by atoms with Crippen molar-refractivity contribution in [1.29, 1.82) is 0 Å². The molecule has 2 N–H and O–H groups in total. The number of carbonyl (C=O) groups is 2. The third-order valence-corrected chi connectivity index (χ3v) is 7.78. The summed E-state index contributed by atoms with van der Waals surface area (Å²) in [5.74, 6) is -3.39. The first kappa shape index (κ1) is 31.8. The third kappa shape index (κ3) is 6.96. The lowest BCUT2D eigenvalue weighted by molar-refractivity contribution is -0.170. The fourth-order valence-electron chi connectivity index (χ4n) is 3.22. The van der Waals surface area contributed by atoms with Crippen LogP contribution in [0, 0.1) is 0 Å². The van der Waals surface area contributed by atoms with E-state index in [1.807, 2.05) is 0 Å². The van der Waals surface area contributed by atoms with Gasteiger partial charge in [-0.05, 0) is 63.6 Å². The summed E-state index contributed by atoms with van der Waals surface area (Å²) in [4.78, 5) is 25.6. The van der Waals surface area contributed by atoms with Crippen LogP contribution in [0.1, 0.15) is 21.9 Å². The maximum atomic E-state index is 14.5. The Balaban J connectivity index is 2.72. The van der Waals surface area contributed by atoms with Crippen LogP contribution < -0.4 is 20.1 Å². The molecule has 0 fully saturated rings. The monoisotopic (exact) mass is 578 g/mol. The van der Waals surface area contributed by atoms with Gasteiger partial charge in [-0.2, -0.15) is 17.6 Å². The summed E-state index contributed by atoms with van der Waals surface area (Å²) < 4.78 is 96.0. The second-order valence-corrected chi connectivity index (χ2v) is 10.8. The molecule has 0 aliphatic rings. The van der Waals surface area contributed by atoms with Crippen LogP contribution in [0.15, 0.2) is 48.5 Å². The molecule has 2 unspecified atom stereocenters. The number of rotatable bonds is 12. The molecule has 0 aliphatic heterocycles. The van der Waals surface area contributed by atoms with Crippen molar-refractivity contribution in [2.75, 3.05) is 42.4 Å². The van der Waals surface area contributed by atoms with Gasteiger partial charge in [-0.1, -0.05) is 24.3 Å². The summed E-state index contributed by atoms with van der Waals surface area (Å²) in [5.41, 5.74) is -0.406. The number of benzene rings is 2. The molecule has 0 aromatic heterocycles. The van der Waals surface area contributed by atoms with Gasteiger partial charge >= 0.3 is 23.9 Å². The first-order valence-corrected chi connectivity index (χ1v) is 12.8. The van der Waals surface area contributed by atoms with Crippen LogP contribution >= 0.6 is 0 Å². The third-order valence-electron chi connectivity index (χ3n) is 5.69. The van der Waals surface area contributed by atoms with Gasteiger partial charge < -0.3 is 20.1 Å². The van der Waals surface area contributed by atoms with Crippen molar-refractivity contribution in [3.05, 3.63) is 59.7 Å². The van der Waals surface area contributed by atoms with Crippen LogP contribution in [0.3, 0.4) is 0 Å². The Bertz CT molecular complexity index is 1160. The van der Waals surface area contributed by atoms with Crippen LogP contribution in [0.5, 0.6) is 11.5 Å². The molecule has 216 valence electrons. The molecule has 2 aromatic rings. The summed E-state index contributed by atoms with van der Waals surface area (Å²) in [6.07, 6.45) is 0. The van der Waals surface area contributed by atoms with Crippen molar-refractivity contribution in [2.24, 2.45) is 0 Å². The fraction of sp³-hybridized carbons (Fsp3) is 0.417. The molecule has 0 bridgehead atoms. The first-order chi connectivity index (χ1) is 18.0. The molecule has 0 saturated carbocycles. The average molecular weight is 579 g/mol. The number of nitrogens with zero attached hydrogens (tertiary/aromatic N) is 2. The molecule has 2 atom stereocenters. The van der Waals surface area contributed by atoms with Crippen LogP contribution in [0.25, 0.3) is 0 Å². The van der Waals surface area contributed by atoms with E-state index in [4.69, 9.17) is 9.47 Å². The van der Waals surface area contributed by atoms with E-state index in [1.165, 1.54) is 62.8 Å². The van der Waals surface area contributed by atoms with Gasteiger partial charge in [0.2, 0.25) is 9.84 Å². The minimum Gasteiger partial charge on any atom is -0.497 e. The lowest BCUT2D eigenvalue weighted by atomic mass is 10.2. The van der Waals surface area contributed by atoms with Gasteiger partial charge in [-0.25, -0.2) is 18.2 Å². The SMILES string of the molecule is COc1ccc(C(NC(=O)C(F)(F)N(C)C)S(=O)(=O)C(NC(=O)C(F)(F)N(C)C)c2ccc(OC)cc2)cc1. The summed E-state index contributed by atoms with van der Waals surface area (Å²) in [7, 11) is 1.26. The standard InChI is InChI=1S/C24H30F4N4O6S/c1-31(2)23(25,26)21(33)29-19(15-7-11-17(37-5)12-8-15)39(35,36)20(16-9-13-18(38-6)14-10-16)30-22(34)24(27,28)32(3)4/h7-14,19-20H,1-6H3,(H,29,33)(H,30,34). The van der Waals surface area contributed by atoms with E-state index >= 15 is 0 Å². The highest BCUT2D eigenvalue weighted by molar-refractivity contribution is 7.91. The number of halogens is 4. The van der Waals surface area contributed by atoms with Crippen LogP contribution in [-0.4, -0.2) is 84.5 Å². The zero-order valence-electron chi connectivity index (χ0n) is 22.0. The van der Waals surface area contributed by atoms with E-state index in [0.29, 0.717) is 0 Å². The molecule has 0 heterocycles. The Labute approximate surface area is 223 Å². The normalized spacial score (nSPS) is 14.1. The van der Waals surface area contributed by atoms with Crippen molar-refractivity contribution >= 4 is 21.7 Å². The second-order valence-electron chi connectivity index (χ2n) is 8.71. The number of hydrogen-bond donors (Lipinski definition) is 2. The number of methoxy groups -OCH3 is 2. The number of carbonyl (C=O) groups excluding carboxylic acids is 2. The molecule has 10 nitrogen and oxygen atoms in total. The molecule has 0 radical (unpaired) electrons. The maximum absolute atomic E-state index is 14.5. The Hall–Kier alpha value is -3.43. The molecule has 0 spiro atoms.